The maximum Gasteiger partial charge on any atom is -0.0201 e. The van der Waals surface area contributed by atoms with Crippen molar-refractivity contribution in [3.8, 4) is 0 Å². The summed E-state index contributed by atoms with van der Waals surface area (Å²) in [5.74, 6) is 0. The quantitative estimate of drug-likeness (QED) is 0.587. The van der Waals surface area contributed by atoms with Gasteiger partial charge in [0.15, 0.2) is 0 Å². The number of aryl methyl sites for hydroxylation is 2. The van der Waals surface area contributed by atoms with E-state index in [4.69, 9.17) is 0 Å². The Morgan fingerprint density at radius 2 is 1.64 bits per heavy atom. The van der Waals surface area contributed by atoms with Crippen LogP contribution in [-0.4, -0.2) is 0 Å². The summed E-state index contributed by atoms with van der Waals surface area (Å²) < 4.78 is 0. The van der Waals surface area contributed by atoms with E-state index in [-0.39, 0.29) is 7.43 Å². The second kappa shape index (κ2) is 7.37. The highest BCUT2D eigenvalue weighted by Gasteiger charge is 1.97. The van der Waals surface area contributed by atoms with Gasteiger partial charge in [0.25, 0.3) is 0 Å². The molecule has 0 aliphatic heterocycles. The molecule has 0 N–H and O–H groups in total. The van der Waals surface area contributed by atoms with E-state index in [2.05, 4.69) is 38.6 Å². The maximum atomic E-state index is 3.93. The minimum absolute atomic E-state index is 0. The molecular weight excluding hydrogens is 168 g/mol. The number of benzene rings is 1. The van der Waals surface area contributed by atoms with E-state index >= 15 is 0 Å². The molecule has 1 aromatic carbocycles. The Balaban J connectivity index is 0. The van der Waals surface area contributed by atoms with E-state index in [0.717, 1.165) is 5.57 Å². The zero-order chi connectivity index (χ0) is 10.4. The van der Waals surface area contributed by atoms with Gasteiger partial charge in [-0.3, -0.25) is 0 Å². The van der Waals surface area contributed by atoms with Gasteiger partial charge in [0.05, 0.1) is 0 Å². The van der Waals surface area contributed by atoms with E-state index < -0.39 is 0 Å². The van der Waals surface area contributed by atoms with E-state index in [1.807, 2.05) is 20.8 Å². The van der Waals surface area contributed by atoms with Crippen molar-refractivity contribution >= 4 is 5.57 Å². The van der Waals surface area contributed by atoms with Gasteiger partial charge in [-0.15, -0.1) is 0 Å². The third kappa shape index (κ3) is 4.27. The van der Waals surface area contributed by atoms with Crippen LogP contribution in [0.4, 0.5) is 0 Å². The first kappa shape index (κ1) is 15.4. The van der Waals surface area contributed by atoms with Crippen molar-refractivity contribution < 1.29 is 0 Å². The Labute approximate surface area is 89.7 Å². The Morgan fingerprint density at radius 3 is 2.00 bits per heavy atom. The normalized spacial score (nSPS) is 8.07. The second-order valence-electron chi connectivity index (χ2n) is 3.10. The summed E-state index contributed by atoms with van der Waals surface area (Å²) in [5, 5.41) is 0. The van der Waals surface area contributed by atoms with Crippen LogP contribution in [0.1, 0.15) is 44.9 Å². The largest absolute Gasteiger partial charge is 0.0955 e. The molecule has 0 spiro atoms. The molecular formula is C14H24. The lowest BCUT2D eigenvalue weighted by molar-refractivity contribution is 1.36. The molecule has 0 aliphatic rings. The zero-order valence-electron chi connectivity index (χ0n) is 9.44. The minimum atomic E-state index is 0. The molecule has 0 saturated heterocycles. The smallest absolute Gasteiger partial charge is 0.0201 e. The van der Waals surface area contributed by atoms with Crippen molar-refractivity contribution in [1.82, 2.24) is 0 Å². The standard InChI is InChI=1S/C11H14.C2H6.CH4/c1-8(2)11-7-9(3)5-6-10(11)4;1-2;/h5-7H,1H2,2-4H3;1-2H3;1H4. The van der Waals surface area contributed by atoms with Gasteiger partial charge in [-0.25, -0.2) is 0 Å². The molecule has 0 heteroatoms. The Kier molecular flexibility index (Phi) is 8.13. The van der Waals surface area contributed by atoms with Crippen LogP contribution in [0.3, 0.4) is 0 Å². The number of hydrogen-bond donors (Lipinski definition) is 0. The summed E-state index contributed by atoms with van der Waals surface area (Å²) in [6.07, 6.45) is 0. The van der Waals surface area contributed by atoms with E-state index in [1.165, 1.54) is 16.7 Å². The molecule has 0 saturated carbocycles. The Morgan fingerprint density at radius 1 is 1.14 bits per heavy atom. The van der Waals surface area contributed by atoms with Crippen LogP contribution in [-0.2, 0) is 0 Å². The molecule has 0 amide bonds. The van der Waals surface area contributed by atoms with Gasteiger partial charge < -0.3 is 0 Å². The molecule has 0 aliphatic carbocycles. The first-order chi connectivity index (χ1) is 6.11. The van der Waals surface area contributed by atoms with Gasteiger partial charge in [0.2, 0.25) is 0 Å². The fourth-order valence-corrected chi connectivity index (χ4v) is 1.20. The van der Waals surface area contributed by atoms with Crippen LogP contribution in [0.2, 0.25) is 0 Å². The van der Waals surface area contributed by atoms with Gasteiger partial charge in [-0.2, -0.15) is 0 Å². The van der Waals surface area contributed by atoms with Gasteiger partial charge in [-0.1, -0.05) is 57.2 Å². The average molecular weight is 192 g/mol. The highest BCUT2D eigenvalue weighted by Crippen LogP contribution is 2.17. The van der Waals surface area contributed by atoms with E-state index in [9.17, 15) is 0 Å². The Hall–Kier alpha value is -1.04. The summed E-state index contributed by atoms with van der Waals surface area (Å²) in [5.41, 5.74) is 5.04. The van der Waals surface area contributed by atoms with Crippen LogP contribution in [0.25, 0.3) is 5.57 Å². The summed E-state index contributed by atoms with van der Waals surface area (Å²) in [4.78, 5) is 0. The van der Waals surface area contributed by atoms with Crippen LogP contribution < -0.4 is 0 Å². The van der Waals surface area contributed by atoms with Gasteiger partial charge in [-0.05, 0) is 31.9 Å². The molecule has 0 fully saturated rings. The first-order valence-corrected chi connectivity index (χ1v) is 4.84. The van der Waals surface area contributed by atoms with Crippen molar-refractivity contribution in [1.29, 1.82) is 0 Å². The van der Waals surface area contributed by atoms with Crippen molar-refractivity contribution in [3.63, 3.8) is 0 Å². The van der Waals surface area contributed by atoms with Crippen molar-refractivity contribution in [2.45, 2.75) is 42.0 Å². The Bertz CT molecular complexity index is 282. The van der Waals surface area contributed by atoms with Crippen molar-refractivity contribution in [3.05, 3.63) is 41.5 Å². The molecule has 0 atom stereocenters. The third-order valence-electron chi connectivity index (χ3n) is 1.85. The summed E-state index contributed by atoms with van der Waals surface area (Å²) in [6, 6.07) is 6.44. The van der Waals surface area contributed by atoms with Crippen LogP contribution in [0.5, 0.6) is 0 Å². The molecule has 0 radical (unpaired) electrons. The summed E-state index contributed by atoms with van der Waals surface area (Å²) in [7, 11) is 0. The topological polar surface area (TPSA) is 0 Å². The summed E-state index contributed by atoms with van der Waals surface area (Å²) in [6.45, 7) is 14.2. The van der Waals surface area contributed by atoms with Crippen molar-refractivity contribution in [2.24, 2.45) is 0 Å². The lowest BCUT2D eigenvalue weighted by Gasteiger charge is -2.05. The van der Waals surface area contributed by atoms with Gasteiger partial charge >= 0.3 is 0 Å². The molecule has 1 rings (SSSR count). The molecule has 1 aromatic rings. The zero-order valence-corrected chi connectivity index (χ0v) is 9.44. The molecule has 14 heavy (non-hydrogen) atoms. The maximum absolute atomic E-state index is 3.93. The predicted molar refractivity (Wildman–Crippen MR) is 68.7 cm³/mol. The van der Waals surface area contributed by atoms with E-state index in [0.29, 0.717) is 0 Å². The molecule has 0 aromatic heterocycles. The molecule has 80 valence electrons. The highest BCUT2D eigenvalue weighted by atomic mass is 14.0. The second-order valence-corrected chi connectivity index (χ2v) is 3.10. The minimum Gasteiger partial charge on any atom is -0.0955 e. The average Bonchev–Trinajstić information content (AvgIpc) is 2.12. The lowest BCUT2D eigenvalue weighted by Crippen LogP contribution is -1.85. The van der Waals surface area contributed by atoms with Gasteiger partial charge in [0.1, 0.15) is 0 Å². The number of rotatable bonds is 1. The summed E-state index contributed by atoms with van der Waals surface area (Å²) >= 11 is 0. The molecule has 0 nitrogen and oxygen atoms in total. The number of allylic oxidation sites excluding steroid dienone is 1. The predicted octanol–water partition coefficient (Wildman–Crippen LogP) is 5.00. The number of hydrogen-bond acceptors (Lipinski definition) is 0. The fraction of sp³-hybridized carbons (Fsp3) is 0.429. The van der Waals surface area contributed by atoms with Gasteiger partial charge in [0, 0.05) is 0 Å². The van der Waals surface area contributed by atoms with Crippen LogP contribution in [0, 0.1) is 13.8 Å². The fourth-order valence-electron chi connectivity index (χ4n) is 1.20. The SMILES string of the molecule is C.C=C(C)c1cc(C)ccc1C.CC. The molecule has 0 heterocycles. The van der Waals surface area contributed by atoms with Crippen molar-refractivity contribution in [2.75, 3.05) is 0 Å². The van der Waals surface area contributed by atoms with Crippen LogP contribution >= 0.6 is 0 Å². The van der Waals surface area contributed by atoms with Crippen LogP contribution in [0.15, 0.2) is 24.8 Å². The monoisotopic (exact) mass is 192 g/mol. The first-order valence-electron chi connectivity index (χ1n) is 4.84. The highest BCUT2D eigenvalue weighted by molar-refractivity contribution is 5.64. The third-order valence-corrected chi connectivity index (χ3v) is 1.85. The molecule has 0 bridgehead atoms. The molecule has 0 unspecified atom stereocenters. The lowest BCUT2D eigenvalue weighted by atomic mass is 10.0. The van der Waals surface area contributed by atoms with E-state index in [1.54, 1.807) is 0 Å².